The molecule has 3 rings (SSSR count). The van der Waals surface area contributed by atoms with Crippen LogP contribution in [0.1, 0.15) is 50.5 Å². The minimum Gasteiger partial charge on any atom is -0.377 e. The van der Waals surface area contributed by atoms with E-state index in [9.17, 15) is 0 Å². The number of ether oxygens (including phenoxy) is 1. The number of hydrogen-bond donors (Lipinski definition) is 0. The average molecular weight is 290 g/mol. The number of hydrogen-bond acceptors (Lipinski definition) is 5. The van der Waals surface area contributed by atoms with Crippen LogP contribution in [0, 0.1) is 5.41 Å². The summed E-state index contributed by atoms with van der Waals surface area (Å²) in [5.74, 6) is 1.59. The van der Waals surface area contributed by atoms with E-state index in [0.29, 0.717) is 12.3 Å². The maximum Gasteiger partial charge on any atom is 0.232 e. The van der Waals surface area contributed by atoms with Gasteiger partial charge in [0.2, 0.25) is 5.89 Å². The van der Waals surface area contributed by atoms with Crippen LogP contribution < -0.4 is 0 Å². The first-order valence-corrected chi connectivity index (χ1v) is 7.36. The predicted molar refractivity (Wildman–Crippen MR) is 76.9 cm³/mol. The standard InChI is InChI=1S/C15H22N4O2/c1-15(2,3)13-11(6-8-20-13)14-16-12(21-18-14)9-10-5-7-19(4)17-10/h5,7,11,13H,6,8-9H2,1-4H3/t11-,13-/m0/s1. The molecule has 2 aromatic rings. The van der Waals surface area contributed by atoms with Crippen LogP contribution in [0.15, 0.2) is 16.8 Å². The SMILES string of the molecule is Cn1ccc(Cc2nc([C@H]3CCO[C@@H]3C(C)(C)C)no2)n1. The molecule has 1 saturated heterocycles. The van der Waals surface area contributed by atoms with Gasteiger partial charge < -0.3 is 9.26 Å². The molecule has 1 aliphatic rings. The van der Waals surface area contributed by atoms with E-state index in [0.717, 1.165) is 24.5 Å². The molecule has 0 N–H and O–H groups in total. The van der Waals surface area contributed by atoms with Crippen molar-refractivity contribution >= 4 is 0 Å². The van der Waals surface area contributed by atoms with Gasteiger partial charge in [-0.3, -0.25) is 4.68 Å². The van der Waals surface area contributed by atoms with Gasteiger partial charge in [-0.05, 0) is 17.9 Å². The highest BCUT2D eigenvalue weighted by Gasteiger charge is 2.40. The van der Waals surface area contributed by atoms with E-state index in [4.69, 9.17) is 9.26 Å². The molecule has 0 aliphatic carbocycles. The molecular weight excluding hydrogens is 268 g/mol. The molecule has 6 heteroatoms. The molecule has 0 bridgehead atoms. The lowest BCUT2D eigenvalue weighted by molar-refractivity contribution is 0.0193. The van der Waals surface area contributed by atoms with Gasteiger partial charge in [0.05, 0.1) is 24.1 Å². The van der Waals surface area contributed by atoms with E-state index in [-0.39, 0.29) is 17.4 Å². The quantitative estimate of drug-likeness (QED) is 0.868. The lowest BCUT2D eigenvalue weighted by Crippen LogP contribution is -2.30. The minimum atomic E-state index is 0.0724. The first kappa shape index (κ1) is 14.3. The molecule has 0 radical (unpaired) electrons. The second-order valence-electron chi connectivity index (χ2n) is 6.76. The van der Waals surface area contributed by atoms with E-state index >= 15 is 0 Å². The van der Waals surface area contributed by atoms with Crippen LogP contribution in [0.5, 0.6) is 0 Å². The second-order valence-corrected chi connectivity index (χ2v) is 6.76. The van der Waals surface area contributed by atoms with Crippen molar-refractivity contribution in [1.29, 1.82) is 0 Å². The molecule has 21 heavy (non-hydrogen) atoms. The Balaban J connectivity index is 1.75. The van der Waals surface area contributed by atoms with Gasteiger partial charge in [0.25, 0.3) is 0 Å². The summed E-state index contributed by atoms with van der Waals surface area (Å²) in [7, 11) is 1.90. The van der Waals surface area contributed by atoms with Crippen molar-refractivity contribution in [3.63, 3.8) is 0 Å². The van der Waals surface area contributed by atoms with Crippen molar-refractivity contribution in [3.05, 3.63) is 29.7 Å². The predicted octanol–water partition coefficient (Wildman–Crippen LogP) is 2.31. The van der Waals surface area contributed by atoms with E-state index in [1.807, 2.05) is 19.3 Å². The molecular formula is C15H22N4O2. The zero-order valence-corrected chi connectivity index (χ0v) is 13.0. The molecule has 1 aliphatic heterocycles. The van der Waals surface area contributed by atoms with Gasteiger partial charge in [-0.25, -0.2) is 0 Å². The van der Waals surface area contributed by atoms with Crippen molar-refractivity contribution in [1.82, 2.24) is 19.9 Å². The molecule has 114 valence electrons. The van der Waals surface area contributed by atoms with E-state index in [1.165, 1.54) is 0 Å². The molecule has 0 saturated carbocycles. The van der Waals surface area contributed by atoms with Crippen LogP contribution in [0.25, 0.3) is 0 Å². The van der Waals surface area contributed by atoms with Gasteiger partial charge in [-0.2, -0.15) is 10.1 Å². The lowest BCUT2D eigenvalue weighted by Gasteiger charge is -2.29. The Hall–Kier alpha value is -1.69. The monoisotopic (exact) mass is 290 g/mol. The largest absolute Gasteiger partial charge is 0.377 e. The van der Waals surface area contributed by atoms with Crippen molar-refractivity contribution in [2.24, 2.45) is 12.5 Å². The summed E-state index contributed by atoms with van der Waals surface area (Å²) in [6.45, 7) is 7.32. The van der Waals surface area contributed by atoms with Crippen molar-refractivity contribution in [3.8, 4) is 0 Å². The minimum absolute atomic E-state index is 0.0724. The zero-order valence-electron chi connectivity index (χ0n) is 13.0. The fraction of sp³-hybridized carbons (Fsp3) is 0.667. The second kappa shape index (κ2) is 5.26. The highest BCUT2D eigenvalue weighted by Crippen LogP contribution is 2.39. The Morgan fingerprint density at radius 1 is 1.38 bits per heavy atom. The topological polar surface area (TPSA) is 66.0 Å². The normalized spacial score (nSPS) is 22.9. The van der Waals surface area contributed by atoms with Gasteiger partial charge in [0.1, 0.15) is 0 Å². The molecule has 0 spiro atoms. The molecule has 0 unspecified atom stereocenters. The summed E-state index contributed by atoms with van der Waals surface area (Å²) < 4.78 is 13.0. The van der Waals surface area contributed by atoms with Crippen LogP contribution in [-0.4, -0.2) is 32.6 Å². The van der Waals surface area contributed by atoms with Crippen LogP contribution in [0.2, 0.25) is 0 Å². The molecule has 2 atom stereocenters. The molecule has 0 amide bonds. The van der Waals surface area contributed by atoms with Crippen LogP contribution in [-0.2, 0) is 18.2 Å². The highest BCUT2D eigenvalue weighted by atomic mass is 16.5. The van der Waals surface area contributed by atoms with E-state index in [2.05, 4.69) is 36.0 Å². The van der Waals surface area contributed by atoms with Crippen LogP contribution >= 0.6 is 0 Å². The average Bonchev–Trinajstić information content (AvgIpc) is 3.08. The molecule has 6 nitrogen and oxygen atoms in total. The smallest absolute Gasteiger partial charge is 0.232 e. The number of aromatic nitrogens is 4. The van der Waals surface area contributed by atoms with Crippen molar-refractivity contribution in [2.75, 3.05) is 6.61 Å². The summed E-state index contributed by atoms with van der Waals surface area (Å²) in [4.78, 5) is 4.55. The molecule has 3 heterocycles. The third kappa shape index (κ3) is 3.00. The zero-order chi connectivity index (χ0) is 15.0. The summed E-state index contributed by atoms with van der Waals surface area (Å²) in [6.07, 6.45) is 3.57. The Labute approximate surface area is 124 Å². The summed E-state index contributed by atoms with van der Waals surface area (Å²) in [5.41, 5.74) is 1.01. The number of nitrogens with zero attached hydrogens (tertiary/aromatic N) is 4. The third-order valence-electron chi connectivity index (χ3n) is 3.86. The van der Waals surface area contributed by atoms with Crippen molar-refractivity contribution < 1.29 is 9.26 Å². The Kier molecular flexibility index (Phi) is 3.57. The van der Waals surface area contributed by atoms with Crippen molar-refractivity contribution in [2.45, 2.75) is 45.6 Å². The van der Waals surface area contributed by atoms with E-state index < -0.39 is 0 Å². The Bertz CT molecular complexity index is 611. The first-order chi connectivity index (χ1) is 9.93. The molecule has 2 aromatic heterocycles. The van der Waals surface area contributed by atoms with Gasteiger partial charge in [-0.1, -0.05) is 25.9 Å². The third-order valence-corrected chi connectivity index (χ3v) is 3.86. The van der Waals surface area contributed by atoms with E-state index in [1.54, 1.807) is 4.68 Å². The highest BCUT2D eigenvalue weighted by molar-refractivity contribution is 5.09. The lowest BCUT2D eigenvalue weighted by atomic mass is 9.81. The molecule has 0 aromatic carbocycles. The Morgan fingerprint density at radius 2 is 2.19 bits per heavy atom. The van der Waals surface area contributed by atoms with Crippen LogP contribution in [0.3, 0.4) is 0 Å². The molecule has 1 fully saturated rings. The maximum absolute atomic E-state index is 5.88. The first-order valence-electron chi connectivity index (χ1n) is 7.36. The van der Waals surface area contributed by atoms with Crippen LogP contribution in [0.4, 0.5) is 0 Å². The maximum atomic E-state index is 5.88. The van der Waals surface area contributed by atoms with Gasteiger partial charge in [0.15, 0.2) is 5.82 Å². The number of rotatable bonds is 3. The summed E-state index contributed by atoms with van der Waals surface area (Å²) in [6, 6.07) is 1.96. The summed E-state index contributed by atoms with van der Waals surface area (Å²) >= 11 is 0. The summed E-state index contributed by atoms with van der Waals surface area (Å²) in [5, 5.41) is 8.50. The van der Waals surface area contributed by atoms with Gasteiger partial charge >= 0.3 is 0 Å². The fourth-order valence-electron chi connectivity index (χ4n) is 2.91. The van der Waals surface area contributed by atoms with Gasteiger partial charge in [-0.15, -0.1) is 0 Å². The number of aryl methyl sites for hydroxylation is 1. The van der Waals surface area contributed by atoms with Gasteiger partial charge in [0, 0.05) is 19.9 Å². The Morgan fingerprint density at radius 3 is 2.86 bits per heavy atom. The fourth-order valence-corrected chi connectivity index (χ4v) is 2.91.